The molecule has 3 amide bonds. The molecular weight excluding hydrogens is 612 g/mol. The van der Waals surface area contributed by atoms with Crippen LogP contribution in [0.2, 0.25) is 0 Å². The van der Waals surface area contributed by atoms with Crippen LogP contribution in [0.5, 0.6) is 23.0 Å². The number of carboxylic acid groups (broad SMARTS) is 1. The molecule has 1 heterocycles. The molecule has 0 spiro atoms. The Morgan fingerprint density at radius 3 is 2.30 bits per heavy atom. The second-order valence-corrected chi connectivity index (χ2v) is 9.98. The van der Waals surface area contributed by atoms with Crippen LogP contribution in [0, 0.1) is 0 Å². The van der Waals surface area contributed by atoms with Crippen LogP contribution < -0.4 is 35.0 Å². The van der Waals surface area contributed by atoms with E-state index in [-0.39, 0.29) is 42.5 Å². The van der Waals surface area contributed by atoms with E-state index in [9.17, 15) is 19.2 Å². The predicted molar refractivity (Wildman–Crippen MR) is 169 cm³/mol. The van der Waals surface area contributed by atoms with Crippen molar-refractivity contribution in [2.45, 2.75) is 26.5 Å². The minimum Gasteiger partial charge on any atom is -0.493 e. The summed E-state index contributed by atoms with van der Waals surface area (Å²) in [6, 6.07) is 15.0. The number of allylic oxidation sites excluding steroid dienone is 1. The molecule has 3 aromatic carbocycles. The quantitative estimate of drug-likeness (QED) is 0.114. The molecule has 1 atom stereocenters. The number of urea groups is 1. The lowest BCUT2D eigenvalue weighted by atomic mass is 9.95. The van der Waals surface area contributed by atoms with Crippen LogP contribution in [0.15, 0.2) is 77.0 Å². The van der Waals surface area contributed by atoms with Crippen molar-refractivity contribution < 1.29 is 48.0 Å². The van der Waals surface area contributed by atoms with Crippen LogP contribution in [0.1, 0.15) is 46.9 Å². The number of methoxy groups -OCH3 is 2. The highest BCUT2D eigenvalue weighted by Gasteiger charge is 2.32. The summed E-state index contributed by atoms with van der Waals surface area (Å²) in [6.07, 6.45) is 1.42. The number of nitrogens with zero attached hydrogens (tertiary/aromatic N) is 1. The van der Waals surface area contributed by atoms with Gasteiger partial charge in [0.1, 0.15) is 6.61 Å². The maximum absolute atomic E-state index is 12.6. The van der Waals surface area contributed by atoms with E-state index in [0.29, 0.717) is 28.3 Å². The average Bonchev–Trinajstić information content (AvgIpc) is 3.06. The molecule has 1 aliphatic rings. The van der Waals surface area contributed by atoms with Crippen molar-refractivity contribution >= 4 is 30.1 Å². The number of carboxylic acids is 1. The van der Waals surface area contributed by atoms with Crippen LogP contribution in [0.4, 0.5) is 4.79 Å². The molecule has 0 bridgehead atoms. The van der Waals surface area contributed by atoms with E-state index in [0.717, 1.165) is 5.56 Å². The van der Waals surface area contributed by atoms with Gasteiger partial charge in [-0.1, -0.05) is 18.2 Å². The van der Waals surface area contributed by atoms with E-state index in [1.54, 1.807) is 62.4 Å². The third kappa shape index (κ3) is 8.78. The summed E-state index contributed by atoms with van der Waals surface area (Å²) in [7, 11) is 2.91. The molecule has 0 saturated carbocycles. The van der Waals surface area contributed by atoms with Gasteiger partial charge in [-0.3, -0.25) is 4.79 Å². The number of carbonyl (C=O) groups excluding carboxylic acids is 3. The summed E-state index contributed by atoms with van der Waals surface area (Å²) in [4.78, 5) is 48.2. The maximum Gasteiger partial charge on any atom is 0.338 e. The summed E-state index contributed by atoms with van der Waals surface area (Å²) in [6.45, 7) is 3.29. The van der Waals surface area contributed by atoms with E-state index in [4.69, 9.17) is 28.8 Å². The van der Waals surface area contributed by atoms with Crippen LogP contribution >= 0.6 is 0 Å². The molecule has 14 heteroatoms. The molecule has 3 aromatic rings. The fourth-order valence-corrected chi connectivity index (χ4v) is 4.55. The smallest absolute Gasteiger partial charge is 0.338 e. The number of amides is 3. The topological polar surface area (TPSA) is 183 Å². The SMILES string of the molecule is CCOC(=O)C1=C(C)NC(=O)N[C@@H]1c1ccc(OCC(=O)N/N=C\c2ccc(OCc3ccc(C(=O)O)cc3)c(OC)c2)c(OC)c1. The normalized spacial score (nSPS) is 14.1. The Labute approximate surface area is 270 Å². The van der Waals surface area contributed by atoms with Crippen LogP contribution in [0.25, 0.3) is 0 Å². The molecular formula is C33H34N4O10. The van der Waals surface area contributed by atoms with E-state index in [1.165, 1.54) is 32.6 Å². The first kappa shape index (κ1) is 33.8. The number of hydrogen-bond donors (Lipinski definition) is 4. The molecule has 246 valence electrons. The lowest BCUT2D eigenvalue weighted by molar-refractivity contribution is -0.139. The van der Waals surface area contributed by atoms with E-state index < -0.39 is 29.9 Å². The standard InChI is InChI=1S/C33H34N4O10/c1-5-45-32(41)29-19(2)35-33(42)36-30(29)23-11-13-25(27(15-23)44-4)47-18-28(38)37-34-16-21-8-12-24(26(14-21)43-3)46-17-20-6-9-22(10-7-20)31(39)40/h6-16,30H,5,17-18H2,1-4H3,(H,37,38)(H,39,40)(H2,35,36,42)/b34-16-/t30-/m1/s1. The Morgan fingerprint density at radius 2 is 1.62 bits per heavy atom. The number of aromatic carboxylic acids is 1. The van der Waals surface area contributed by atoms with Gasteiger partial charge in [0.05, 0.1) is 44.2 Å². The van der Waals surface area contributed by atoms with Crippen molar-refractivity contribution in [3.05, 3.63) is 94.2 Å². The molecule has 0 unspecified atom stereocenters. The summed E-state index contributed by atoms with van der Waals surface area (Å²) >= 11 is 0. The fraction of sp³-hybridized carbons (Fsp3) is 0.242. The van der Waals surface area contributed by atoms with E-state index in [2.05, 4.69) is 21.2 Å². The van der Waals surface area contributed by atoms with Gasteiger partial charge < -0.3 is 39.4 Å². The summed E-state index contributed by atoms with van der Waals surface area (Å²) in [5.41, 5.74) is 5.15. The van der Waals surface area contributed by atoms with Crippen molar-refractivity contribution in [2.75, 3.05) is 27.4 Å². The molecule has 0 radical (unpaired) electrons. The molecule has 0 saturated heterocycles. The zero-order chi connectivity index (χ0) is 33.9. The predicted octanol–water partition coefficient (Wildman–Crippen LogP) is 3.70. The lowest BCUT2D eigenvalue weighted by Crippen LogP contribution is -2.45. The van der Waals surface area contributed by atoms with Crippen molar-refractivity contribution in [3.63, 3.8) is 0 Å². The number of carbonyl (C=O) groups is 4. The highest BCUT2D eigenvalue weighted by Crippen LogP contribution is 2.34. The number of hydrogen-bond acceptors (Lipinski definition) is 10. The van der Waals surface area contributed by atoms with Crippen LogP contribution in [0.3, 0.4) is 0 Å². The number of benzene rings is 3. The van der Waals surface area contributed by atoms with E-state index in [1.807, 2.05) is 0 Å². The molecule has 0 aromatic heterocycles. The summed E-state index contributed by atoms with van der Waals surface area (Å²) in [5.74, 6) is -0.671. The Bertz CT molecular complexity index is 1700. The molecule has 14 nitrogen and oxygen atoms in total. The molecule has 47 heavy (non-hydrogen) atoms. The highest BCUT2D eigenvalue weighted by atomic mass is 16.5. The van der Waals surface area contributed by atoms with Gasteiger partial charge in [0.15, 0.2) is 29.6 Å². The number of rotatable bonds is 14. The molecule has 0 aliphatic carbocycles. The van der Waals surface area contributed by atoms with Crippen LogP contribution in [-0.2, 0) is 20.9 Å². The minimum absolute atomic E-state index is 0.170. The van der Waals surface area contributed by atoms with Crippen LogP contribution in [-0.4, -0.2) is 62.6 Å². The van der Waals surface area contributed by atoms with Crippen molar-refractivity contribution in [1.82, 2.24) is 16.1 Å². The number of ether oxygens (including phenoxy) is 5. The fourth-order valence-electron chi connectivity index (χ4n) is 4.55. The monoisotopic (exact) mass is 646 g/mol. The third-order valence-corrected chi connectivity index (χ3v) is 6.83. The number of esters is 1. The first-order valence-corrected chi connectivity index (χ1v) is 14.3. The van der Waals surface area contributed by atoms with Gasteiger partial charge in [-0.05, 0) is 73.0 Å². The molecule has 4 rings (SSSR count). The Morgan fingerprint density at radius 1 is 0.936 bits per heavy atom. The van der Waals surface area contributed by atoms with Gasteiger partial charge in [-0.2, -0.15) is 5.10 Å². The van der Waals surface area contributed by atoms with Crippen molar-refractivity contribution in [3.8, 4) is 23.0 Å². The molecule has 1 aliphatic heterocycles. The Hall–Kier alpha value is -6.05. The van der Waals surface area contributed by atoms with Gasteiger partial charge in [0.25, 0.3) is 5.91 Å². The van der Waals surface area contributed by atoms with Gasteiger partial charge in [0.2, 0.25) is 0 Å². The zero-order valence-electron chi connectivity index (χ0n) is 26.1. The second kappa shape index (κ2) is 15.8. The third-order valence-electron chi connectivity index (χ3n) is 6.83. The molecule has 4 N–H and O–H groups in total. The Balaban J connectivity index is 1.34. The Kier molecular flexibility index (Phi) is 11.4. The minimum atomic E-state index is -1.00. The summed E-state index contributed by atoms with van der Waals surface area (Å²) in [5, 5.41) is 18.3. The van der Waals surface area contributed by atoms with Gasteiger partial charge >= 0.3 is 18.0 Å². The van der Waals surface area contributed by atoms with Gasteiger partial charge in [-0.25, -0.2) is 19.8 Å². The number of hydrazone groups is 1. The molecule has 0 fully saturated rings. The highest BCUT2D eigenvalue weighted by molar-refractivity contribution is 5.95. The zero-order valence-corrected chi connectivity index (χ0v) is 26.1. The first-order valence-electron chi connectivity index (χ1n) is 14.3. The first-order chi connectivity index (χ1) is 22.6. The number of nitrogens with one attached hydrogen (secondary N) is 3. The largest absolute Gasteiger partial charge is 0.493 e. The van der Waals surface area contributed by atoms with Gasteiger partial charge in [-0.15, -0.1) is 0 Å². The van der Waals surface area contributed by atoms with Crippen molar-refractivity contribution in [2.24, 2.45) is 5.10 Å². The van der Waals surface area contributed by atoms with Gasteiger partial charge in [0, 0.05) is 5.70 Å². The van der Waals surface area contributed by atoms with E-state index >= 15 is 0 Å². The van der Waals surface area contributed by atoms with Crippen molar-refractivity contribution in [1.29, 1.82) is 0 Å². The average molecular weight is 647 g/mol. The maximum atomic E-state index is 12.6. The summed E-state index contributed by atoms with van der Waals surface area (Å²) < 4.78 is 27.5. The second-order valence-electron chi connectivity index (χ2n) is 9.98. The lowest BCUT2D eigenvalue weighted by Gasteiger charge is -2.28.